The van der Waals surface area contributed by atoms with Crippen LogP contribution in [0, 0.1) is 29.9 Å². The molecule has 0 saturated carbocycles. The summed E-state index contributed by atoms with van der Waals surface area (Å²) in [4.78, 5) is 19.4. The fraction of sp³-hybridized carbons (Fsp3) is 0.304. The molecule has 1 fully saturated rings. The maximum Gasteiger partial charge on any atom is 0.258 e. The molecule has 2 aromatic carbocycles. The predicted octanol–water partition coefficient (Wildman–Crippen LogP) is 4.30. The SMILES string of the molecule is Cc1noc(-c2ccccc2C(=O)N2CCCC[C@H]2CNc2c(F)cc(C#N)cc2F)n1. The number of anilines is 1. The Morgan fingerprint density at radius 1 is 1.28 bits per heavy atom. The number of piperidine rings is 1. The Kier molecular flexibility index (Phi) is 6.12. The monoisotopic (exact) mass is 437 g/mol. The lowest BCUT2D eigenvalue weighted by Crippen LogP contribution is -2.47. The van der Waals surface area contributed by atoms with E-state index in [0.29, 0.717) is 29.9 Å². The van der Waals surface area contributed by atoms with Gasteiger partial charge in [0.2, 0.25) is 0 Å². The number of halogens is 2. The minimum Gasteiger partial charge on any atom is -0.378 e. The first kappa shape index (κ1) is 21.4. The third-order valence-electron chi connectivity index (χ3n) is 5.49. The van der Waals surface area contributed by atoms with Crippen LogP contribution >= 0.6 is 0 Å². The molecule has 32 heavy (non-hydrogen) atoms. The Morgan fingerprint density at radius 2 is 2.03 bits per heavy atom. The van der Waals surface area contributed by atoms with Gasteiger partial charge in [-0.1, -0.05) is 17.3 Å². The number of rotatable bonds is 5. The van der Waals surface area contributed by atoms with Crippen LogP contribution < -0.4 is 5.32 Å². The van der Waals surface area contributed by atoms with Crippen molar-refractivity contribution in [2.75, 3.05) is 18.4 Å². The van der Waals surface area contributed by atoms with Crippen LogP contribution in [0.15, 0.2) is 40.9 Å². The van der Waals surface area contributed by atoms with E-state index in [9.17, 15) is 13.6 Å². The van der Waals surface area contributed by atoms with Crippen molar-refractivity contribution in [2.24, 2.45) is 0 Å². The Labute approximate surface area is 183 Å². The second-order valence-electron chi connectivity index (χ2n) is 7.65. The number of carbonyl (C=O) groups is 1. The summed E-state index contributed by atoms with van der Waals surface area (Å²) in [5.74, 6) is -1.16. The first-order valence-electron chi connectivity index (χ1n) is 10.3. The van der Waals surface area contributed by atoms with E-state index in [0.717, 1.165) is 25.0 Å². The molecule has 0 unspecified atom stereocenters. The van der Waals surface area contributed by atoms with Crippen molar-refractivity contribution in [3.63, 3.8) is 0 Å². The van der Waals surface area contributed by atoms with Crippen molar-refractivity contribution < 1.29 is 18.1 Å². The van der Waals surface area contributed by atoms with Gasteiger partial charge in [-0.15, -0.1) is 0 Å². The summed E-state index contributed by atoms with van der Waals surface area (Å²) in [5.41, 5.74) is 0.579. The van der Waals surface area contributed by atoms with Gasteiger partial charge in [0, 0.05) is 19.1 Å². The van der Waals surface area contributed by atoms with Gasteiger partial charge in [0.05, 0.1) is 22.8 Å². The molecule has 3 aromatic rings. The van der Waals surface area contributed by atoms with Gasteiger partial charge in [0.15, 0.2) is 17.5 Å². The number of nitrogens with zero attached hydrogens (tertiary/aromatic N) is 4. The number of aromatic nitrogens is 2. The van der Waals surface area contributed by atoms with Crippen LogP contribution in [-0.2, 0) is 0 Å². The van der Waals surface area contributed by atoms with E-state index in [4.69, 9.17) is 9.78 Å². The number of benzene rings is 2. The van der Waals surface area contributed by atoms with Crippen molar-refractivity contribution >= 4 is 11.6 Å². The molecule has 0 radical (unpaired) electrons. The molecule has 4 rings (SSSR count). The lowest BCUT2D eigenvalue weighted by Gasteiger charge is -2.36. The normalized spacial score (nSPS) is 15.9. The Morgan fingerprint density at radius 3 is 2.72 bits per heavy atom. The maximum absolute atomic E-state index is 14.3. The van der Waals surface area contributed by atoms with E-state index in [1.54, 1.807) is 42.2 Å². The quantitative estimate of drug-likeness (QED) is 0.639. The number of hydrogen-bond donors (Lipinski definition) is 1. The fourth-order valence-electron chi connectivity index (χ4n) is 3.92. The zero-order valence-electron chi connectivity index (χ0n) is 17.4. The first-order valence-corrected chi connectivity index (χ1v) is 10.3. The minimum atomic E-state index is -0.840. The molecular formula is C23H21F2N5O2. The van der Waals surface area contributed by atoms with Gasteiger partial charge < -0.3 is 14.7 Å². The molecule has 0 spiro atoms. The highest BCUT2D eigenvalue weighted by Gasteiger charge is 2.30. The average molecular weight is 437 g/mol. The third kappa shape index (κ3) is 4.30. The number of hydrogen-bond acceptors (Lipinski definition) is 6. The van der Waals surface area contributed by atoms with E-state index in [-0.39, 0.29) is 35.6 Å². The van der Waals surface area contributed by atoms with Crippen LogP contribution in [-0.4, -0.2) is 40.1 Å². The lowest BCUT2D eigenvalue weighted by molar-refractivity contribution is 0.0629. The van der Waals surface area contributed by atoms with Gasteiger partial charge in [-0.05, 0) is 50.5 Å². The molecule has 1 amide bonds. The molecular weight excluding hydrogens is 416 g/mol. The summed E-state index contributed by atoms with van der Waals surface area (Å²) < 4.78 is 33.8. The van der Waals surface area contributed by atoms with Gasteiger partial charge in [0.25, 0.3) is 11.8 Å². The van der Waals surface area contributed by atoms with Crippen molar-refractivity contribution in [3.05, 3.63) is 65.0 Å². The molecule has 164 valence electrons. The average Bonchev–Trinajstić information content (AvgIpc) is 3.24. The number of likely N-dealkylation sites (tertiary alicyclic amines) is 1. The molecule has 2 heterocycles. The molecule has 1 atom stereocenters. The lowest BCUT2D eigenvalue weighted by atomic mass is 9.98. The predicted molar refractivity (Wildman–Crippen MR) is 113 cm³/mol. The number of nitriles is 1. The van der Waals surface area contributed by atoms with Crippen LogP contribution in [0.3, 0.4) is 0 Å². The van der Waals surface area contributed by atoms with Gasteiger partial charge in [-0.3, -0.25) is 4.79 Å². The van der Waals surface area contributed by atoms with E-state index >= 15 is 0 Å². The summed E-state index contributed by atoms with van der Waals surface area (Å²) in [5, 5.41) is 15.5. The zero-order valence-corrected chi connectivity index (χ0v) is 17.4. The smallest absolute Gasteiger partial charge is 0.258 e. The third-order valence-corrected chi connectivity index (χ3v) is 5.49. The van der Waals surface area contributed by atoms with Gasteiger partial charge in [-0.25, -0.2) is 8.78 Å². The highest BCUT2D eigenvalue weighted by molar-refractivity contribution is 6.00. The van der Waals surface area contributed by atoms with Gasteiger partial charge in [0.1, 0.15) is 5.69 Å². The molecule has 1 aliphatic heterocycles. The summed E-state index contributed by atoms with van der Waals surface area (Å²) in [7, 11) is 0. The van der Waals surface area contributed by atoms with Crippen molar-refractivity contribution in [1.82, 2.24) is 15.0 Å². The highest BCUT2D eigenvalue weighted by atomic mass is 19.1. The van der Waals surface area contributed by atoms with Crippen LogP contribution in [0.4, 0.5) is 14.5 Å². The van der Waals surface area contributed by atoms with Crippen LogP contribution in [0.5, 0.6) is 0 Å². The van der Waals surface area contributed by atoms with E-state index in [1.807, 2.05) is 0 Å². The van der Waals surface area contributed by atoms with Crippen LogP contribution in [0.1, 0.15) is 41.0 Å². The second kappa shape index (κ2) is 9.14. The first-order chi connectivity index (χ1) is 15.5. The molecule has 0 aliphatic carbocycles. The van der Waals surface area contributed by atoms with Crippen molar-refractivity contribution in [3.8, 4) is 17.5 Å². The molecule has 9 heteroatoms. The van der Waals surface area contributed by atoms with Crippen LogP contribution in [0.2, 0.25) is 0 Å². The van der Waals surface area contributed by atoms with E-state index < -0.39 is 11.6 Å². The number of amides is 1. The Hall–Kier alpha value is -3.80. The van der Waals surface area contributed by atoms with E-state index in [2.05, 4.69) is 15.5 Å². The molecule has 1 aromatic heterocycles. The largest absolute Gasteiger partial charge is 0.378 e. The minimum absolute atomic E-state index is 0.0899. The Balaban J connectivity index is 1.56. The molecule has 0 bridgehead atoms. The fourth-order valence-corrected chi connectivity index (χ4v) is 3.92. The van der Waals surface area contributed by atoms with E-state index in [1.165, 1.54) is 0 Å². The van der Waals surface area contributed by atoms with Gasteiger partial charge >= 0.3 is 0 Å². The molecule has 7 nitrogen and oxygen atoms in total. The van der Waals surface area contributed by atoms with Crippen LogP contribution in [0.25, 0.3) is 11.5 Å². The number of carbonyl (C=O) groups excluding carboxylic acids is 1. The Bertz CT molecular complexity index is 1160. The van der Waals surface area contributed by atoms with Crippen molar-refractivity contribution in [1.29, 1.82) is 5.26 Å². The summed E-state index contributed by atoms with van der Waals surface area (Å²) >= 11 is 0. The molecule has 1 saturated heterocycles. The summed E-state index contributed by atoms with van der Waals surface area (Å²) in [6.07, 6.45) is 2.43. The second-order valence-corrected chi connectivity index (χ2v) is 7.65. The van der Waals surface area contributed by atoms with Crippen molar-refractivity contribution in [2.45, 2.75) is 32.2 Å². The summed E-state index contributed by atoms with van der Waals surface area (Å²) in [6.45, 7) is 2.40. The summed E-state index contributed by atoms with van der Waals surface area (Å²) in [6, 6.07) is 10.4. The molecule has 1 N–H and O–H groups in total. The zero-order chi connectivity index (χ0) is 22.7. The highest BCUT2D eigenvalue weighted by Crippen LogP contribution is 2.27. The maximum atomic E-state index is 14.3. The number of nitrogens with one attached hydrogen (secondary N) is 1. The topological polar surface area (TPSA) is 95.0 Å². The molecule has 1 aliphatic rings. The van der Waals surface area contributed by atoms with Gasteiger partial charge in [-0.2, -0.15) is 10.2 Å². The standard InChI is InChI=1S/C23H21F2N5O2/c1-14-28-22(32-29-14)17-7-2-3-8-18(17)23(31)30-9-5-4-6-16(30)13-27-21-19(24)10-15(12-26)11-20(21)25/h2-3,7-8,10-11,16,27H,4-6,9,13H2,1H3/t16-/m0/s1. The number of aryl methyl sites for hydroxylation is 1.